The molecule has 1 atom stereocenters. The van der Waals surface area contributed by atoms with Crippen LogP contribution in [0.1, 0.15) is 12.8 Å². The molecule has 0 aliphatic carbocycles. The van der Waals surface area contributed by atoms with Gasteiger partial charge >= 0.3 is 0 Å². The van der Waals surface area contributed by atoms with Crippen molar-refractivity contribution in [3.8, 4) is 0 Å². The van der Waals surface area contributed by atoms with Crippen LogP contribution in [0.4, 0.5) is 0 Å². The lowest BCUT2D eigenvalue weighted by Gasteiger charge is -2.22. The zero-order valence-electron chi connectivity index (χ0n) is 11.5. The maximum absolute atomic E-state index is 12.0. The molecule has 1 amide bonds. The summed E-state index contributed by atoms with van der Waals surface area (Å²) in [5.74, 6) is 0.589. The molecule has 0 bridgehead atoms. The number of nitrogens with zero attached hydrogens (tertiary/aromatic N) is 2. The smallest absolute Gasteiger partial charge is 0.241 e. The lowest BCUT2D eigenvalue weighted by Crippen LogP contribution is -2.39. The molecule has 2 N–H and O–H groups in total. The van der Waals surface area contributed by atoms with Crippen LogP contribution < -0.4 is 10.6 Å². The van der Waals surface area contributed by atoms with Crippen molar-refractivity contribution in [3.63, 3.8) is 0 Å². The summed E-state index contributed by atoms with van der Waals surface area (Å²) in [6.07, 6.45) is 4.19. The fourth-order valence-corrected chi connectivity index (χ4v) is 2.70. The highest BCUT2D eigenvalue weighted by atomic mass is 16.2. The SMILES string of the molecule is O=C(Cn1ncc2ccccc21)NCC1CCCNC1. The quantitative estimate of drug-likeness (QED) is 0.878. The van der Waals surface area contributed by atoms with Crippen LogP contribution in [0.3, 0.4) is 0 Å². The number of hydrogen-bond acceptors (Lipinski definition) is 3. The fourth-order valence-electron chi connectivity index (χ4n) is 2.70. The van der Waals surface area contributed by atoms with Crippen molar-refractivity contribution < 1.29 is 4.79 Å². The highest BCUT2D eigenvalue weighted by Gasteiger charge is 2.14. The van der Waals surface area contributed by atoms with Gasteiger partial charge in [-0.3, -0.25) is 9.48 Å². The Bertz CT molecular complexity index is 586. The van der Waals surface area contributed by atoms with Gasteiger partial charge in [-0.2, -0.15) is 5.10 Å². The van der Waals surface area contributed by atoms with Crippen molar-refractivity contribution in [1.29, 1.82) is 0 Å². The number of benzene rings is 1. The van der Waals surface area contributed by atoms with E-state index in [2.05, 4.69) is 15.7 Å². The van der Waals surface area contributed by atoms with E-state index < -0.39 is 0 Å². The zero-order chi connectivity index (χ0) is 13.8. The van der Waals surface area contributed by atoms with E-state index in [4.69, 9.17) is 0 Å². The number of amides is 1. The summed E-state index contributed by atoms with van der Waals surface area (Å²) in [6.45, 7) is 3.15. The lowest BCUT2D eigenvalue weighted by molar-refractivity contribution is -0.122. The summed E-state index contributed by atoms with van der Waals surface area (Å²) in [5.41, 5.74) is 1.00. The highest BCUT2D eigenvalue weighted by Crippen LogP contribution is 2.12. The molecule has 5 heteroatoms. The molecule has 1 aliphatic rings. The van der Waals surface area contributed by atoms with E-state index >= 15 is 0 Å². The molecule has 2 aromatic rings. The van der Waals surface area contributed by atoms with Crippen molar-refractivity contribution in [3.05, 3.63) is 30.5 Å². The minimum atomic E-state index is 0.0319. The number of fused-ring (bicyclic) bond motifs is 1. The van der Waals surface area contributed by atoms with Gasteiger partial charge in [0.2, 0.25) is 5.91 Å². The number of carbonyl (C=O) groups is 1. The Balaban J connectivity index is 1.55. The summed E-state index contributed by atoms with van der Waals surface area (Å²) < 4.78 is 1.75. The van der Waals surface area contributed by atoms with Gasteiger partial charge in [-0.05, 0) is 37.9 Å². The monoisotopic (exact) mass is 272 g/mol. The van der Waals surface area contributed by atoms with E-state index in [-0.39, 0.29) is 12.5 Å². The van der Waals surface area contributed by atoms with Gasteiger partial charge in [0.25, 0.3) is 0 Å². The molecule has 1 saturated heterocycles. The van der Waals surface area contributed by atoms with E-state index in [1.54, 1.807) is 10.9 Å². The first kappa shape index (κ1) is 13.1. The molecule has 1 unspecified atom stereocenters. The molecule has 0 radical (unpaired) electrons. The van der Waals surface area contributed by atoms with Crippen LogP contribution in [0.15, 0.2) is 30.5 Å². The molecular weight excluding hydrogens is 252 g/mol. The average molecular weight is 272 g/mol. The van der Waals surface area contributed by atoms with Gasteiger partial charge in [-0.1, -0.05) is 18.2 Å². The summed E-state index contributed by atoms with van der Waals surface area (Å²) >= 11 is 0. The lowest BCUT2D eigenvalue weighted by atomic mass is 10.00. The minimum absolute atomic E-state index is 0.0319. The van der Waals surface area contributed by atoms with E-state index in [1.807, 2.05) is 24.3 Å². The second-order valence-corrected chi connectivity index (χ2v) is 5.38. The van der Waals surface area contributed by atoms with Gasteiger partial charge in [-0.15, -0.1) is 0 Å². The first-order valence-corrected chi connectivity index (χ1v) is 7.21. The van der Waals surface area contributed by atoms with Crippen molar-refractivity contribution in [2.45, 2.75) is 19.4 Å². The van der Waals surface area contributed by atoms with Crippen LogP contribution in [-0.2, 0) is 11.3 Å². The second kappa shape index (κ2) is 6.05. The standard InChI is InChI=1S/C15H20N4O/c20-15(17-9-12-4-3-7-16-8-12)11-19-14-6-2-1-5-13(14)10-18-19/h1-2,5-6,10,12,16H,3-4,7-9,11H2,(H,17,20). The van der Waals surface area contributed by atoms with Crippen LogP contribution >= 0.6 is 0 Å². The number of piperidine rings is 1. The molecule has 20 heavy (non-hydrogen) atoms. The molecule has 1 aromatic heterocycles. The second-order valence-electron chi connectivity index (χ2n) is 5.38. The summed E-state index contributed by atoms with van der Waals surface area (Å²) in [4.78, 5) is 12.0. The van der Waals surface area contributed by atoms with Gasteiger partial charge in [-0.25, -0.2) is 0 Å². The molecule has 1 aromatic carbocycles. The predicted octanol–water partition coefficient (Wildman–Crippen LogP) is 1.15. The van der Waals surface area contributed by atoms with Gasteiger partial charge in [0.15, 0.2) is 0 Å². The van der Waals surface area contributed by atoms with Gasteiger partial charge in [0.05, 0.1) is 11.7 Å². The van der Waals surface area contributed by atoms with E-state index in [9.17, 15) is 4.79 Å². The van der Waals surface area contributed by atoms with Crippen LogP contribution in [0.25, 0.3) is 10.9 Å². The molecular formula is C15H20N4O. The molecule has 2 heterocycles. The summed E-state index contributed by atoms with van der Waals surface area (Å²) in [7, 11) is 0. The first-order valence-electron chi connectivity index (χ1n) is 7.21. The Morgan fingerprint density at radius 2 is 2.35 bits per heavy atom. The van der Waals surface area contributed by atoms with Crippen LogP contribution in [0.2, 0.25) is 0 Å². The molecule has 3 rings (SSSR count). The Labute approximate surface area is 118 Å². The Morgan fingerprint density at radius 1 is 1.45 bits per heavy atom. The summed E-state index contributed by atoms with van der Waals surface area (Å²) in [5, 5.41) is 11.7. The van der Waals surface area contributed by atoms with Crippen molar-refractivity contribution in [2.24, 2.45) is 5.92 Å². The van der Waals surface area contributed by atoms with Crippen LogP contribution in [0, 0.1) is 5.92 Å². The molecule has 1 aliphatic heterocycles. The number of nitrogens with one attached hydrogen (secondary N) is 2. The first-order chi connectivity index (χ1) is 9.83. The number of para-hydroxylation sites is 1. The Hall–Kier alpha value is -1.88. The number of hydrogen-bond donors (Lipinski definition) is 2. The molecule has 0 spiro atoms. The van der Waals surface area contributed by atoms with Gasteiger partial charge < -0.3 is 10.6 Å². The van der Waals surface area contributed by atoms with Crippen molar-refractivity contribution >= 4 is 16.8 Å². The number of rotatable bonds is 4. The molecule has 1 fully saturated rings. The largest absolute Gasteiger partial charge is 0.354 e. The maximum Gasteiger partial charge on any atom is 0.241 e. The highest BCUT2D eigenvalue weighted by molar-refractivity contribution is 5.81. The van der Waals surface area contributed by atoms with Crippen molar-refractivity contribution in [2.75, 3.05) is 19.6 Å². The Kier molecular flexibility index (Phi) is 3.97. The average Bonchev–Trinajstić information content (AvgIpc) is 2.90. The zero-order valence-corrected chi connectivity index (χ0v) is 11.5. The third-order valence-corrected chi connectivity index (χ3v) is 3.83. The van der Waals surface area contributed by atoms with E-state index in [0.29, 0.717) is 5.92 Å². The Morgan fingerprint density at radius 3 is 3.20 bits per heavy atom. The third kappa shape index (κ3) is 2.99. The molecule has 0 saturated carbocycles. The van der Waals surface area contributed by atoms with Gasteiger partial charge in [0, 0.05) is 11.9 Å². The molecule has 106 valence electrons. The van der Waals surface area contributed by atoms with Crippen LogP contribution in [-0.4, -0.2) is 35.3 Å². The normalized spacial score (nSPS) is 19.1. The number of carbonyl (C=O) groups excluding carboxylic acids is 1. The maximum atomic E-state index is 12.0. The fraction of sp³-hybridized carbons (Fsp3) is 0.467. The third-order valence-electron chi connectivity index (χ3n) is 3.83. The topological polar surface area (TPSA) is 59.0 Å². The van der Waals surface area contributed by atoms with Crippen molar-refractivity contribution in [1.82, 2.24) is 20.4 Å². The summed E-state index contributed by atoms with van der Waals surface area (Å²) in [6, 6.07) is 7.93. The molecule has 5 nitrogen and oxygen atoms in total. The predicted molar refractivity (Wildman–Crippen MR) is 78.3 cm³/mol. The number of aromatic nitrogens is 2. The van der Waals surface area contributed by atoms with Gasteiger partial charge in [0.1, 0.15) is 6.54 Å². The van der Waals surface area contributed by atoms with Crippen LogP contribution in [0.5, 0.6) is 0 Å². The minimum Gasteiger partial charge on any atom is -0.354 e. The van der Waals surface area contributed by atoms with E-state index in [0.717, 1.165) is 30.5 Å². The van der Waals surface area contributed by atoms with E-state index in [1.165, 1.54) is 12.8 Å².